The summed E-state index contributed by atoms with van der Waals surface area (Å²) in [7, 11) is 0. The highest BCUT2D eigenvalue weighted by Gasteiger charge is 1.99. The van der Waals surface area contributed by atoms with Crippen molar-refractivity contribution >= 4 is 12.4 Å². The second-order valence-electron chi connectivity index (χ2n) is 6.01. The van der Waals surface area contributed by atoms with Crippen LogP contribution in [0, 0.1) is 6.92 Å². The van der Waals surface area contributed by atoms with E-state index in [1.54, 1.807) is 0 Å². The Morgan fingerprint density at radius 3 is 2.16 bits per heavy atom. The lowest BCUT2D eigenvalue weighted by Crippen LogP contribution is -2.12. The summed E-state index contributed by atoms with van der Waals surface area (Å²) in [6, 6.07) is 27.1. The summed E-state index contributed by atoms with van der Waals surface area (Å²) in [5, 5.41) is 3.48. The lowest BCUT2D eigenvalue weighted by atomic mass is 10.1. The summed E-state index contributed by atoms with van der Waals surface area (Å²) in [5.74, 6) is 0.911. The summed E-state index contributed by atoms with van der Waals surface area (Å²) in [5.41, 5.74) is 5.01. The zero-order valence-electron chi connectivity index (χ0n) is 14.4. The first-order valence-corrected chi connectivity index (χ1v) is 8.31. The lowest BCUT2D eigenvalue weighted by molar-refractivity contribution is 0.306. The van der Waals surface area contributed by atoms with Gasteiger partial charge in [0.25, 0.3) is 0 Å². The van der Waals surface area contributed by atoms with Crippen LogP contribution in [0.15, 0.2) is 78.9 Å². The molecule has 0 atom stereocenters. The molecule has 3 heteroatoms. The van der Waals surface area contributed by atoms with Crippen molar-refractivity contribution in [1.82, 2.24) is 5.32 Å². The molecule has 0 heterocycles. The predicted molar refractivity (Wildman–Crippen MR) is 106 cm³/mol. The van der Waals surface area contributed by atoms with E-state index in [0.29, 0.717) is 6.61 Å². The van der Waals surface area contributed by atoms with Gasteiger partial charge in [-0.2, -0.15) is 0 Å². The predicted octanol–water partition coefficient (Wildman–Crippen LogP) is 5.29. The summed E-state index contributed by atoms with van der Waals surface area (Å²) in [4.78, 5) is 0. The van der Waals surface area contributed by atoms with Crippen molar-refractivity contribution in [2.24, 2.45) is 0 Å². The normalized spacial score (nSPS) is 10.1. The van der Waals surface area contributed by atoms with Crippen LogP contribution in [0.1, 0.15) is 22.3 Å². The molecular formula is C22H24ClNO. The van der Waals surface area contributed by atoms with Gasteiger partial charge in [0.1, 0.15) is 12.4 Å². The minimum absolute atomic E-state index is 0. The van der Waals surface area contributed by atoms with Crippen LogP contribution < -0.4 is 10.1 Å². The van der Waals surface area contributed by atoms with E-state index in [1.807, 2.05) is 30.3 Å². The molecule has 0 aromatic heterocycles. The van der Waals surface area contributed by atoms with Gasteiger partial charge in [-0.15, -0.1) is 12.4 Å². The molecule has 0 fully saturated rings. The van der Waals surface area contributed by atoms with Crippen molar-refractivity contribution < 1.29 is 4.74 Å². The Balaban J connectivity index is 0.00000225. The number of aryl methyl sites for hydroxylation is 1. The van der Waals surface area contributed by atoms with Crippen LogP contribution in [-0.2, 0) is 19.7 Å². The van der Waals surface area contributed by atoms with Crippen LogP contribution >= 0.6 is 12.4 Å². The first-order valence-electron chi connectivity index (χ1n) is 8.31. The summed E-state index contributed by atoms with van der Waals surface area (Å²) < 4.78 is 5.88. The number of nitrogens with one attached hydrogen (secondary N) is 1. The largest absolute Gasteiger partial charge is 0.489 e. The lowest BCUT2D eigenvalue weighted by Gasteiger charge is -2.09. The van der Waals surface area contributed by atoms with Crippen LogP contribution in [0.4, 0.5) is 0 Å². The van der Waals surface area contributed by atoms with Crippen molar-refractivity contribution in [2.75, 3.05) is 0 Å². The Kier molecular flexibility index (Phi) is 7.52. The second kappa shape index (κ2) is 9.87. The SMILES string of the molecule is Cc1ccc(CNCc2cccc(OCc3ccccc3)c2)cc1.Cl. The first kappa shape index (κ1) is 19.0. The molecule has 0 spiro atoms. The smallest absolute Gasteiger partial charge is 0.120 e. The molecule has 1 N–H and O–H groups in total. The second-order valence-corrected chi connectivity index (χ2v) is 6.01. The van der Waals surface area contributed by atoms with Crippen LogP contribution in [-0.4, -0.2) is 0 Å². The highest BCUT2D eigenvalue weighted by atomic mass is 35.5. The van der Waals surface area contributed by atoms with Gasteiger partial charge in [0.15, 0.2) is 0 Å². The monoisotopic (exact) mass is 353 g/mol. The topological polar surface area (TPSA) is 21.3 Å². The fourth-order valence-electron chi connectivity index (χ4n) is 2.54. The van der Waals surface area contributed by atoms with Crippen molar-refractivity contribution in [3.63, 3.8) is 0 Å². The summed E-state index contributed by atoms with van der Waals surface area (Å²) >= 11 is 0. The molecule has 0 bridgehead atoms. The van der Waals surface area contributed by atoms with Gasteiger partial charge in [0.05, 0.1) is 0 Å². The number of benzene rings is 3. The summed E-state index contributed by atoms with van der Waals surface area (Å²) in [6.07, 6.45) is 0. The molecule has 0 aliphatic heterocycles. The maximum absolute atomic E-state index is 5.88. The van der Waals surface area contributed by atoms with Crippen LogP contribution in [0.2, 0.25) is 0 Å². The van der Waals surface area contributed by atoms with Crippen molar-refractivity contribution in [3.05, 3.63) is 101 Å². The molecule has 3 aromatic rings. The zero-order valence-corrected chi connectivity index (χ0v) is 15.3. The molecule has 130 valence electrons. The van der Waals surface area contributed by atoms with E-state index in [4.69, 9.17) is 4.74 Å². The van der Waals surface area contributed by atoms with Crippen LogP contribution in [0.25, 0.3) is 0 Å². The Morgan fingerprint density at radius 2 is 1.40 bits per heavy atom. The average Bonchev–Trinajstić information content (AvgIpc) is 2.63. The summed E-state index contributed by atoms with van der Waals surface area (Å²) in [6.45, 7) is 4.41. The fraction of sp³-hybridized carbons (Fsp3) is 0.182. The van der Waals surface area contributed by atoms with E-state index in [9.17, 15) is 0 Å². The van der Waals surface area contributed by atoms with E-state index < -0.39 is 0 Å². The van der Waals surface area contributed by atoms with Crippen molar-refractivity contribution in [2.45, 2.75) is 26.6 Å². The highest BCUT2D eigenvalue weighted by Crippen LogP contribution is 2.15. The molecule has 0 radical (unpaired) electrons. The Labute approximate surface area is 156 Å². The number of halogens is 1. The van der Waals surface area contributed by atoms with Crippen LogP contribution in [0.3, 0.4) is 0 Å². The van der Waals surface area contributed by atoms with Gasteiger partial charge in [-0.1, -0.05) is 72.3 Å². The molecular weight excluding hydrogens is 330 g/mol. The van der Waals surface area contributed by atoms with Gasteiger partial charge < -0.3 is 10.1 Å². The quantitative estimate of drug-likeness (QED) is 0.623. The minimum Gasteiger partial charge on any atom is -0.489 e. The molecule has 0 aliphatic rings. The molecule has 0 amide bonds. The van der Waals surface area contributed by atoms with Crippen molar-refractivity contribution in [3.8, 4) is 5.75 Å². The van der Waals surface area contributed by atoms with E-state index in [2.05, 4.69) is 60.8 Å². The molecule has 3 aromatic carbocycles. The maximum atomic E-state index is 5.88. The standard InChI is InChI=1S/C22H23NO.ClH/c1-18-10-12-19(13-11-18)15-23-16-21-8-5-9-22(14-21)24-17-20-6-3-2-4-7-20;/h2-14,23H,15-17H2,1H3;1H. The van der Waals surface area contributed by atoms with Gasteiger partial charge in [-0.25, -0.2) is 0 Å². The molecule has 3 rings (SSSR count). The zero-order chi connectivity index (χ0) is 16.6. The third-order valence-corrected chi connectivity index (χ3v) is 3.93. The minimum atomic E-state index is 0. The Bertz CT molecular complexity index is 756. The number of rotatable bonds is 7. The third kappa shape index (κ3) is 6.26. The molecule has 0 saturated heterocycles. The van der Waals surface area contributed by atoms with E-state index in [-0.39, 0.29) is 12.4 Å². The van der Waals surface area contributed by atoms with E-state index >= 15 is 0 Å². The third-order valence-electron chi connectivity index (χ3n) is 3.93. The van der Waals surface area contributed by atoms with Crippen molar-refractivity contribution in [1.29, 1.82) is 0 Å². The highest BCUT2D eigenvalue weighted by molar-refractivity contribution is 5.85. The maximum Gasteiger partial charge on any atom is 0.120 e. The molecule has 2 nitrogen and oxygen atoms in total. The molecule has 25 heavy (non-hydrogen) atoms. The van der Waals surface area contributed by atoms with Gasteiger partial charge in [0.2, 0.25) is 0 Å². The Morgan fingerprint density at radius 1 is 0.720 bits per heavy atom. The molecule has 0 aliphatic carbocycles. The number of ether oxygens (including phenoxy) is 1. The average molecular weight is 354 g/mol. The van der Waals surface area contributed by atoms with Gasteiger partial charge in [0, 0.05) is 13.1 Å². The van der Waals surface area contributed by atoms with Crippen LogP contribution in [0.5, 0.6) is 5.75 Å². The molecule has 0 saturated carbocycles. The van der Waals surface area contributed by atoms with Gasteiger partial charge in [-0.3, -0.25) is 0 Å². The molecule has 0 unspecified atom stereocenters. The first-order chi connectivity index (χ1) is 11.8. The number of hydrogen-bond acceptors (Lipinski definition) is 2. The Hall–Kier alpha value is -2.29. The van der Waals surface area contributed by atoms with E-state index in [1.165, 1.54) is 22.3 Å². The number of hydrogen-bond donors (Lipinski definition) is 1. The van der Waals surface area contributed by atoms with Gasteiger partial charge >= 0.3 is 0 Å². The van der Waals surface area contributed by atoms with Gasteiger partial charge in [-0.05, 0) is 35.7 Å². The fourth-order valence-corrected chi connectivity index (χ4v) is 2.54. The van der Waals surface area contributed by atoms with E-state index in [0.717, 1.165) is 18.8 Å².